The van der Waals surface area contributed by atoms with Crippen LogP contribution < -0.4 is 10.5 Å². The highest BCUT2D eigenvalue weighted by molar-refractivity contribution is 14.1. The quantitative estimate of drug-likeness (QED) is 0.836. The van der Waals surface area contributed by atoms with Gasteiger partial charge in [-0.1, -0.05) is 6.07 Å². The molecule has 78 valence electrons. The fourth-order valence-electron chi connectivity index (χ4n) is 1.17. The number of aliphatic hydroxyl groups is 1. The first-order chi connectivity index (χ1) is 6.56. The zero-order valence-corrected chi connectivity index (χ0v) is 10.4. The molecule has 0 unspecified atom stereocenters. The van der Waals surface area contributed by atoms with Gasteiger partial charge >= 0.3 is 0 Å². The van der Waals surface area contributed by atoms with Crippen molar-refractivity contribution in [2.75, 3.05) is 7.11 Å². The van der Waals surface area contributed by atoms with E-state index in [0.29, 0.717) is 0 Å². The van der Waals surface area contributed by atoms with Crippen molar-refractivity contribution in [3.8, 4) is 5.75 Å². The molecule has 2 atom stereocenters. The molecule has 0 aromatic heterocycles. The topological polar surface area (TPSA) is 55.5 Å². The number of aliphatic hydroxyl groups excluding tert-OH is 1. The summed E-state index contributed by atoms with van der Waals surface area (Å²) < 4.78 is 6.13. The van der Waals surface area contributed by atoms with Crippen molar-refractivity contribution in [1.82, 2.24) is 0 Å². The molecule has 1 aromatic carbocycles. The molecule has 0 amide bonds. The second kappa shape index (κ2) is 4.95. The van der Waals surface area contributed by atoms with Crippen LogP contribution in [0, 0.1) is 3.57 Å². The maximum absolute atomic E-state index is 9.33. The van der Waals surface area contributed by atoms with Gasteiger partial charge in [-0.05, 0) is 47.2 Å². The second-order valence-corrected chi connectivity index (χ2v) is 4.32. The smallest absolute Gasteiger partial charge is 0.132 e. The van der Waals surface area contributed by atoms with Crippen molar-refractivity contribution in [3.05, 3.63) is 27.3 Å². The molecule has 1 rings (SSSR count). The third kappa shape index (κ3) is 2.59. The maximum Gasteiger partial charge on any atom is 0.132 e. The Kier molecular flexibility index (Phi) is 4.15. The van der Waals surface area contributed by atoms with Crippen LogP contribution in [0.15, 0.2) is 18.2 Å². The largest absolute Gasteiger partial charge is 0.496 e. The second-order valence-electron chi connectivity index (χ2n) is 3.16. The lowest BCUT2D eigenvalue weighted by Gasteiger charge is -2.16. The van der Waals surface area contributed by atoms with Crippen molar-refractivity contribution in [3.63, 3.8) is 0 Å². The van der Waals surface area contributed by atoms with Gasteiger partial charge < -0.3 is 15.6 Å². The summed E-state index contributed by atoms with van der Waals surface area (Å²) in [4.78, 5) is 0. The van der Waals surface area contributed by atoms with Gasteiger partial charge in [0.2, 0.25) is 0 Å². The maximum atomic E-state index is 9.33. The van der Waals surface area contributed by atoms with Crippen LogP contribution in [0.4, 0.5) is 0 Å². The summed E-state index contributed by atoms with van der Waals surface area (Å²) in [5.74, 6) is 0.826. The van der Waals surface area contributed by atoms with Gasteiger partial charge in [0.15, 0.2) is 0 Å². The monoisotopic (exact) mass is 307 g/mol. The van der Waals surface area contributed by atoms with E-state index in [0.717, 1.165) is 14.9 Å². The van der Waals surface area contributed by atoms with E-state index in [9.17, 15) is 5.11 Å². The number of benzene rings is 1. The van der Waals surface area contributed by atoms with Gasteiger partial charge in [-0.3, -0.25) is 0 Å². The molecule has 1 aromatic rings. The summed E-state index contributed by atoms with van der Waals surface area (Å²) in [6.07, 6.45) is -0.542. The van der Waals surface area contributed by atoms with E-state index in [1.165, 1.54) is 0 Å². The molecule has 3 nitrogen and oxygen atoms in total. The SMILES string of the molecule is COc1ccc([C@@H](N)[C@H](C)O)cc1I. The Morgan fingerprint density at radius 1 is 1.50 bits per heavy atom. The van der Waals surface area contributed by atoms with Gasteiger partial charge in [-0.15, -0.1) is 0 Å². The van der Waals surface area contributed by atoms with Crippen molar-refractivity contribution in [1.29, 1.82) is 0 Å². The number of hydrogen-bond acceptors (Lipinski definition) is 3. The summed E-state index contributed by atoms with van der Waals surface area (Å²) in [7, 11) is 1.63. The summed E-state index contributed by atoms with van der Waals surface area (Å²) in [5, 5.41) is 9.33. The van der Waals surface area contributed by atoms with Gasteiger partial charge in [0.05, 0.1) is 22.8 Å². The minimum Gasteiger partial charge on any atom is -0.496 e. The van der Waals surface area contributed by atoms with E-state index in [-0.39, 0.29) is 6.04 Å². The normalized spacial score (nSPS) is 14.9. The molecule has 0 saturated heterocycles. The minimum absolute atomic E-state index is 0.338. The summed E-state index contributed by atoms with van der Waals surface area (Å²) in [6.45, 7) is 1.68. The zero-order chi connectivity index (χ0) is 10.7. The fourth-order valence-corrected chi connectivity index (χ4v) is 1.93. The highest BCUT2D eigenvalue weighted by Crippen LogP contribution is 2.24. The Morgan fingerprint density at radius 2 is 2.14 bits per heavy atom. The van der Waals surface area contributed by atoms with E-state index in [4.69, 9.17) is 10.5 Å². The lowest BCUT2D eigenvalue weighted by Crippen LogP contribution is -2.23. The van der Waals surface area contributed by atoms with Gasteiger partial charge in [-0.2, -0.15) is 0 Å². The summed E-state index contributed by atoms with van der Waals surface area (Å²) in [6, 6.07) is 5.32. The van der Waals surface area contributed by atoms with Crippen molar-refractivity contribution < 1.29 is 9.84 Å². The third-order valence-corrected chi connectivity index (χ3v) is 2.92. The number of halogens is 1. The molecule has 3 N–H and O–H groups in total. The molecule has 0 fully saturated rings. The minimum atomic E-state index is -0.542. The number of methoxy groups -OCH3 is 1. The molecule has 14 heavy (non-hydrogen) atoms. The van der Waals surface area contributed by atoms with E-state index in [2.05, 4.69) is 22.6 Å². The van der Waals surface area contributed by atoms with E-state index >= 15 is 0 Å². The van der Waals surface area contributed by atoms with E-state index in [1.54, 1.807) is 14.0 Å². The number of nitrogens with two attached hydrogens (primary N) is 1. The Hall–Kier alpha value is -0.330. The first-order valence-corrected chi connectivity index (χ1v) is 5.41. The van der Waals surface area contributed by atoms with E-state index < -0.39 is 6.10 Å². The summed E-state index contributed by atoms with van der Waals surface area (Å²) >= 11 is 2.18. The highest BCUT2D eigenvalue weighted by atomic mass is 127. The molecule has 0 saturated carbocycles. The molecule has 0 bridgehead atoms. The standard InChI is InChI=1S/C10H14INO2/c1-6(13)10(12)7-3-4-9(14-2)8(11)5-7/h3-6,10,13H,12H2,1-2H3/t6-,10-/m0/s1. The van der Waals surface area contributed by atoms with Crippen LogP contribution in [0.2, 0.25) is 0 Å². The highest BCUT2D eigenvalue weighted by Gasteiger charge is 2.13. The lowest BCUT2D eigenvalue weighted by molar-refractivity contribution is 0.164. The van der Waals surface area contributed by atoms with Crippen LogP contribution >= 0.6 is 22.6 Å². The molecule has 0 aliphatic carbocycles. The predicted molar refractivity (Wildman–Crippen MR) is 64.3 cm³/mol. The fraction of sp³-hybridized carbons (Fsp3) is 0.400. The van der Waals surface area contributed by atoms with Crippen LogP contribution in [0.3, 0.4) is 0 Å². The number of hydrogen-bond donors (Lipinski definition) is 2. The Labute approximate surface area is 97.4 Å². The van der Waals surface area contributed by atoms with Gasteiger partial charge in [0, 0.05) is 0 Å². The average Bonchev–Trinajstić information content (AvgIpc) is 2.16. The van der Waals surface area contributed by atoms with Crippen LogP contribution in [-0.2, 0) is 0 Å². The van der Waals surface area contributed by atoms with Crippen molar-refractivity contribution in [2.45, 2.75) is 19.1 Å². The molecular weight excluding hydrogens is 293 g/mol. The Bertz CT molecular complexity index is 315. The van der Waals surface area contributed by atoms with Crippen LogP contribution in [0.1, 0.15) is 18.5 Å². The van der Waals surface area contributed by atoms with Crippen LogP contribution in [0.25, 0.3) is 0 Å². The molecule has 0 aliphatic rings. The van der Waals surface area contributed by atoms with Gasteiger partial charge in [-0.25, -0.2) is 0 Å². The lowest BCUT2D eigenvalue weighted by atomic mass is 10.0. The number of ether oxygens (including phenoxy) is 1. The van der Waals surface area contributed by atoms with Crippen molar-refractivity contribution in [2.24, 2.45) is 5.73 Å². The molecule has 0 radical (unpaired) electrons. The summed E-state index contributed by atoms with van der Waals surface area (Å²) in [5.41, 5.74) is 6.73. The van der Waals surface area contributed by atoms with Gasteiger partial charge in [0.25, 0.3) is 0 Å². The molecule has 4 heteroatoms. The van der Waals surface area contributed by atoms with E-state index in [1.807, 2.05) is 18.2 Å². The Balaban J connectivity index is 2.96. The molecular formula is C10H14INO2. The van der Waals surface area contributed by atoms with Crippen LogP contribution in [0.5, 0.6) is 5.75 Å². The molecule has 0 heterocycles. The zero-order valence-electron chi connectivity index (χ0n) is 8.20. The van der Waals surface area contributed by atoms with Crippen molar-refractivity contribution >= 4 is 22.6 Å². The third-order valence-electron chi connectivity index (χ3n) is 2.08. The predicted octanol–water partition coefficient (Wildman–Crippen LogP) is 1.68. The molecule has 0 aliphatic heterocycles. The number of rotatable bonds is 3. The van der Waals surface area contributed by atoms with Crippen LogP contribution in [-0.4, -0.2) is 18.3 Å². The first-order valence-electron chi connectivity index (χ1n) is 4.33. The molecule has 0 spiro atoms. The Morgan fingerprint density at radius 3 is 2.57 bits per heavy atom. The van der Waals surface area contributed by atoms with Gasteiger partial charge in [0.1, 0.15) is 5.75 Å². The average molecular weight is 307 g/mol. The first kappa shape index (κ1) is 11.7.